The summed E-state index contributed by atoms with van der Waals surface area (Å²) in [6, 6.07) is 14.6. The van der Waals surface area contributed by atoms with Crippen LogP contribution in [0.1, 0.15) is 21.7 Å². The molecule has 0 atom stereocenters. The largest absolute Gasteiger partial charge is 0.380 e. The Labute approximate surface area is 138 Å². The molecule has 3 aromatic rings. The molecule has 1 aromatic heterocycles. The van der Waals surface area contributed by atoms with E-state index in [1.54, 1.807) is 31.4 Å². The van der Waals surface area contributed by atoms with Crippen LogP contribution in [0.4, 0.5) is 0 Å². The number of carbonyl (C=O) groups excluding carboxylic acids is 1. The smallest absolute Gasteiger partial charge is 0.287 e. The highest BCUT2D eigenvalue weighted by atomic mass is 16.5. The van der Waals surface area contributed by atoms with E-state index >= 15 is 0 Å². The van der Waals surface area contributed by atoms with E-state index in [9.17, 15) is 9.59 Å². The number of H-pyrrole nitrogens is 1. The van der Waals surface area contributed by atoms with Gasteiger partial charge < -0.3 is 15.0 Å². The Morgan fingerprint density at radius 1 is 1.17 bits per heavy atom. The van der Waals surface area contributed by atoms with Crippen LogP contribution in [0.15, 0.2) is 53.3 Å². The number of hydrogen-bond donors (Lipinski definition) is 2. The molecule has 0 aliphatic carbocycles. The molecule has 122 valence electrons. The molecule has 0 bridgehead atoms. The first-order valence-electron chi connectivity index (χ1n) is 7.51. The van der Waals surface area contributed by atoms with Gasteiger partial charge in [0.05, 0.1) is 17.5 Å². The number of amides is 1. The van der Waals surface area contributed by atoms with Crippen LogP contribution in [0.3, 0.4) is 0 Å². The van der Waals surface area contributed by atoms with Gasteiger partial charge in [0.2, 0.25) is 0 Å². The topological polar surface area (TPSA) is 84.1 Å². The number of methoxy groups -OCH3 is 1. The number of hydrogen-bond acceptors (Lipinski definition) is 4. The van der Waals surface area contributed by atoms with Crippen LogP contribution in [0.5, 0.6) is 0 Å². The van der Waals surface area contributed by atoms with Gasteiger partial charge in [-0.3, -0.25) is 9.59 Å². The van der Waals surface area contributed by atoms with Gasteiger partial charge in [-0.2, -0.15) is 0 Å². The number of ether oxygens (including phenoxy) is 1. The van der Waals surface area contributed by atoms with Crippen molar-refractivity contribution in [3.63, 3.8) is 0 Å². The average Bonchev–Trinajstić information content (AvgIpc) is 2.60. The number of fused-ring (bicyclic) bond motifs is 1. The van der Waals surface area contributed by atoms with Gasteiger partial charge in [-0.15, -0.1) is 0 Å². The van der Waals surface area contributed by atoms with Crippen molar-refractivity contribution in [2.45, 2.75) is 13.2 Å². The highest BCUT2D eigenvalue weighted by Crippen LogP contribution is 2.08. The molecular weight excluding hydrogens is 306 g/mol. The van der Waals surface area contributed by atoms with Crippen molar-refractivity contribution >= 4 is 16.8 Å². The van der Waals surface area contributed by atoms with Crippen molar-refractivity contribution < 1.29 is 9.53 Å². The Morgan fingerprint density at radius 2 is 1.96 bits per heavy atom. The minimum absolute atomic E-state index is 0.00625. The summed E-state index contributed by atoms with van der Waals surface area (Å²) < 4.78 is 5.09. The summed E-state index contributed by atoms with van der Waals surface area (Å²) in [5.74, 6) is -0.415. The highest BCUT2D eigenvalue weighted by molar-refractivity contribution is 5.92. The van der Waals surface area contributed by atoms with E-state index in [1.807, 2.05) is 24.3 Å². The zero-order valence-corrected chi connectivity index (χ0v) is 13.2. The second kappa shape index (κ2) is 7.06. The third-order valence-electron chi connectivity index (χ3n) is 3.58. The molecule has 6 nitrogen and oxygen atoms in total. The third-order valence-corrected chi connectivity index (χ3v) is 3.58. The maximum atomic E-state index is 12.3. The fourth-order valence-corrected chi connectivity index (χ4v) is 2.46. The normalized spacial score (nSPS) is 10.7. The summed E-state index contributed by atoms with van der Waals surface area (Å²) in [6.07, 6.45) is 0. The van der Waals surface area contributed by atoms with Crippen LogP contribution in [0.2, 0.25) is 0 Å². The summed E-state index contributed by atoms with van der Waals surface area (Å²) in [4.78, 5) is 31.0. The molecule has 2 N–H and O–H groups in total. The SMILES string of the molecule is COCc1cccc(CNC(=O)c2nc3ccccc3c(=O)[nH]2)c1. The molecule has 0 saturated carbocycles. The maximum absolute atomic E-state index is 12.3. The van der Waals surface area contributed by atoms with Crippen molar-refractivity contribution in [3.8, 4) is 0 Å². The van der Waals surface area contributed by atoms with Gasteiger partial charge in [-0.05, 0) is 23.3 Å². The first-order chi connectivity index (χ1) is 11.7. The van der Waals surface area contributed by atoms with Crippen molar-refractivity contribution in [1.82, 2.24) is 15.3 Å². The first-order valence-corrected chi connectivity index (χ1v) is 7.51. The predicted octanol–water partition coefficient (Wildman–Crippen LogP) is 2.00. The van der Waals surface area contributed by atoms with Gasteiger partial charge in [-0.1, -0.05) is 36.4 Å². The minimum atomic E-state index is -0.421. The average molecular weight is 323 g/mol. The number of carbonyl (C=O) groups is 1. The van der Waals surface area contributed by atoms with E-state index in [1.165, 1.54) is 0 Å². The first kappa shape index (κ1) is 15.9. The van der Waals surface area contributed by atoms with E-state index in [0.29, 0.717) is 24.1 Å². The third kappa shape index (κ3) is 3.49. The molecule has 0 spiro atoms. The molecule has 24 heavy (non-hydrogen) atoms. The summed E-state index contributed by atoms with van der Waals surface area (Å²) in [5.41, 5.74) is 2.14. The number of para-hydroxylation sites is 1. The van der Waals surface area contributed by atoms with Gasteiger partial charge in [0.1, 0.15) is 0 Å². The van der Waals surface area contributed by atoms with Crippen molar-refractivity contribution in [1.29, 1.82) is 0 Å². The molecule has 0 fully saturated rings. The van der Waals surface area contributed by atoms with Crippen molar-refractivity contribution in [2.75, 3.05) is 7.11 Å². The second-order valence-electron chi connectivity index (χ2n) is 5.37. The molecule has 0 aliphatic rings. The Balaban J connectivity index is 1.76. The van der Waals surface area contributed by atoms with Gasteiger partial charge in [0, 0.05) is 13.7 Å². The lowest BCUT2D eigenvalue weighted by Gasteiger charge is -2.07. The molecule has 1 amide bonds. The lowest BCUT2D eigenvalue weighted by Crippen LogP contribution is -2.27. The van der Waals surface area contributed by atoms with Crippen molar-refractivity contribution in [2.24, 2.45) is 0 Å². The number of benzene rings is 2. The van der Waals surface area contributed by atoms with Gasteiger partial charge >= 0.3 is 0 Å². The molecule has 2 aromatic carbocycles. The molecule has 1 heterocycles. The quantitative estimate of drug-likeness (QED) is 0.752. The van der Waals surface area contributed by atoms with Crippen molar-refractivity contribution in [3.05, 3.63) is 75.8 Å². The number of nitrogens with one attached hydrogen (secondary N) is 2. The molecule has 0 radical (unpaired) electrons. The summed E-state index contributed by atoms with van der Waals surface area (Å²) in [5, 5.41) is 3.22. The van der Waals surface area contributed by atoms with E-state index in [2.05, 4.69) is 15.3 Å². The second-order valence-corrected chi connectivity index (χ2v) is 5.37. The number of aromatic nitrogens is 2. The zero-order valence-electron chi connectivity index (χ0n) is 13.2. The molecule has 0 aliphatic heterocycles. The van der Waals surface area contributed by atoms with E-state index in [-0.39, 0.29) is 11.4 Å². The van der Waals surface area contributed by atoms with Gasteiger partial charge in [-0.25, -0.2) is 4.98 Å². The molecule has 0 saturated heterocycles. The molecule has 6 heteroatoms. The lowest BCUT2D eigenvalue weighted by atomic mass is 10.1. The van der Waals surface area contributed by atoms with Crippen LogP contribution in [0.25, 0.3) is 10.9 Å². The fraction of sp³-hybridized carbons (Fsp3) is 0.167. The van der Waals surface area contributed by atoms with Crippen LogP contribution in [-0.4, -0.2) is 23.0 Å². The molecule has 3 rings (SSSR count). The Bertz CT molecular complexity index is 934. The molecule has 0 unspecified atom stereocenters. The van der Waals surface area contributed by atoms with E-state index < -0.39 is 5.91 Å². The lowest BCUT2D eigenvalue weighted by molar-refractivity contribution is 0.0940. The summed E-state index contributed by atoms with van der Waals surface area (Å²) in [6.45, 7) is 0.855. The van der Waals surface area contributed by atoms with Gasteiger partial charge in [0.15, 0.2) is 5.82 Å². The standard InChI is InChI=1S/C18H17N3O3/c1-24-11-13-6-4-5-12(9-13)10-19-18(23)16-20-15-8-3-2-7-14(15)17(22)21-16/h2-9H,10-11H2,1H3,(H,19,23)(H,20,21,22). The highest BCUT2D eigenvalue weighted by Gasteiger charge is 2.11. The molecular formula is C18H17N3O3. The predicted molar refractivity (Wildman–Crippen MR) is 90.7 cm³/mol. The number of aromatic amines is 1. The van der Waals surface area contributed by atoms with E-state index in [0.717, 1.165) is 11.1 Å². The Morgan fingerprint density at radius 3 is 2.79 bits per heavy atom. The summed E-state index contributed by atoms with van der Waals surface area (Å²) in [7, 11) is 1.64. The zero-order chi connectivity index (χ0) is 16.9. The maximum Gasteiger partial charge on any atom is 0.287 e. The minimum Gasteiger partial charge on any atom is -0.380 e. The van der Waals surface area contributed by atoms with Crippen LogP contribution >= 0.6 is 0 Å². The number of rotatable bonds is 5. The van der Waals surface area contributed by atoms with Crippen LogP contribution < -0.4 is 10.9 Å². The summed E-state index contributed by atoms with van der Waals surface area (Å²) >= 11 is 0. The Kier molecular flexibility index (Phi) is 4.67. The Hall–Kier alpha value is -2.99. The van der Waals surface area contributed by atoms with Crippen LogP contribution in [0, 0.1) is 0 Å². The monoisotopic (exact) mass is 323 g/mol. The fourth-order valence-electron chi connectivity index (χ4n) is 2.46. The van der Waals surface area contributed by atoms with Crippen LogP contribution in [-0.2, 0) is 17.9 Å². The van der Waals surface area contributed by atoms with Gasteiger partial charge in [0.25, 0.3) is 11.5 Å². The number of nitrogens with zero attached hydrogens (tertiary/aromatic N) is 1. The van der Waals surface area contributed by atoms with E-state index in [4.69, 9.17) is 4.74 Å².